The zero-order valence-corrected chi connectivity index (χ0v) is 25.2. The van der Waals surface area contributed by atoms with E-state index in [0.717, 1.165) is 26.5 Å². The van der Waals surface area contributed by atoms with E-state index >= 15 is 13.2 Å². The van der Waals surface area contributed by atoms with Gasteiger partial charge in [0.2, 0.25) is 0 Å². The number of thiophene rings is 1. The molecule has 4 heterocycles. The van der Waals surface area contributed by atoms with Gasteiger partial charge in [-0.15, -0.1) is 0 Å². The Morgan fingerprint density at radius 3 is 2.29 bits per heavy atom. The van der Waals surface area contributed by atoms with E-state index in [9.17, 15) is 9.59 Å². The molecule has 0 spiro atoms. The first-order chi connectivity index (χ1) is 19.9. The molecule has 0 bridgehead atoms. The van der Waals surface area contributed by atoms with Crippen LogP contribution in [0.15, 0.2) is 77.2 Å². The average molecular weight is 645 g/mol. The van der Waals surface area contributed by atoms with E-state index in [2.05, 4.69) is 4.94 Å². The SMILES string of the molecule is CC1(C)c2ccccc2N2c3sc(/C=C4/C(=O)c5cc6cc[se]c6cc5C4=O)cc3C(C)(C(F)(F)F)c3cccc1c32. The van der Waals surface area contributed by atoms with Crippen molar-refractivity contribution in [2.75, 3.05) is 4.90 Å². The summed E-state index contributed by atoms with van der Waals surface area (Å²) in [6.45, 7) is 5.34. The molecule has 1 atom stereocenters. The minimum absolute atomic E-state index is 0.00385. The number of nitrogens with zero attached hydrogens (tertiary/aromatic N) is 1. The van der Waals surface area contributed by atoms with Crippen molar-refractivity contribution in [1.29, 1.82) is 0 Å². The second-order valence-corrected chi connectivity index (χ2v) is 14.8. The van der Waals surface area contributed by atoms with Crippen LogP contribution in [0.5, 0.6) is 0 Å². The van der Waals surface area contributed by atoms with Crippen molar-refractivity contribution >= 4 is 69.5 Å². The first kappa shape index (κ1) is 26.0. The van der Waals surface area contributed by atoms with Crippen LogP contribution in [-0.2, 0) is 10.8 Å². The third-order valence-corrected chi connectivity index (χ3v) is 12.1. The Morgan fingerprint density at radius 1 is 0.833 bits per heavy atom. The molecule has 208 valence electrons. The van der Waals surface area contributed by atoms with Gasteiger partial charge in [0, 0.05) is 5.41 Å². The first-order valence-electron chi connectivity index (χ1n) is 13.5. The van der Waals surface area contributed by atoms with Gasteiger partial charge in [0.15, 0.2) is 0 Å². The molecular weight excluding hydrogens is 622 g/mol. The molecule has 1 aliphatic carbocycles. The number of carbonyl (C=O) groups excluding carboxylic acids is 2. The van der Waals surface area contributed by atoms with Gasteiger partial charge in [0.05, 0.1) is 0 Å². The van der Waals surface area contributed by atoms with Gasteiger partial charge in [-0.05, 0) is 0 Å². The number of alkyl halides is 3. The summed E-state index contributed by atoms with van der Waals surface area (Å²) >= 11 is 1.30. The zero-order valence-electron chi connectivity index (χ0n) is 22.7. The van der Waals surface area contributed by atoms with Crippen LogP contribution >= 0.6 is 11.3 Å². The van der Waals surface area contributed by atoms with Gasteiger partial charge < -0.3 is 0 Å². The number of allylic oxidation sites excluding steroid dienone is 1. The van der Waals surface area contributed by atoms with Crippen molar-refractivity contribution in [3.05, 3.63) is 116 Å². The normalized spacial score (nSPS) is 21.0. The van der Waals surface area contributed by atoms with Gasteiger partial charge in [-0.1, -0.05) is 44.2 Å². The van der Waals surface area contributed by atoms with Crippen LogP contribution in [0.4, 0.5) is 29.5 Å². The summed E-state index contributed by atoms with van der Waals surface area (Å²) in [4.78, 5) is 31.3. The minimum atomic E-state index is -4.60. The molecular formula is C34H22F3NO2SSe. The zero-order chi connectivity index (χ0) is 29.3. The summed E-state index contributed by atoms with van der Waals surface area (Å²) in [7, 11) is 0. The van der Waals surface area contributed by atoms with E-state index in [0.29, 0.717) is 26.7 Å². The van der Waals surface area contributed by atoms with Gasteiger partial charge in [-0.25, -0.2) is 0 Å². The van der Waals surface area contributed by atoms with E-state index in [1.54, 1.807) is 24.3 Å². The molecule has 3 nitrogen and oxygen atoms in total. The fraction of sp³-hybridized carbons (Fsp3) is 0.176. The summed E-state index contributed by atoms with van der Waals surface area (Å²) in [6, 6.07) is 20.1. The maximum atomic E-state index is 15.2. The molecule has 0 N–H and O–H groups in total. The Balaban J connectivity index is 1.37. The number of para-hydroxylation sites is 2. The number of hydrogen-bond donors (Lipinski definition) is 0. The van der Waals surface area contributed by atoms with Gasteiger partial charge in [0.25, 0.3) is 0 Å². The number of halogens is 3. The standard InChI is InChI=1S/C34H22F3NO2SSe/c1-32(2)22-7-4-5-10-26(22)38-28-23(32)8-6-9-24(28)33(3,34(35,36)37)25-15-18(41-31(25)38)14-21-29(39)19-13-17-11-12-42-27(17)16-20(19)30(21)40/h4-16H,1-3H3/b21-14-. The van der Waals surface area contributed by atoms with Crippen LogP contribution in [0.3, 0.4) is 0 Å². The molecule has 8 rings (SSSR count). The summed E-state index contributed by atoms with van der Waals surface area (Å²) in [5.74, 6) is -0.757. The van der Waals surface area contributed by atoms with Crippen molar-refractivity contribution in [2.45, 2.75) is 37.8 Å². The van der Waals surface area contributed by atoms with Gasteiger partial charge in [0.1, 0.15) is 0 Å². The molecule has 3 aliphatic rings. The van der Waals surface area contributed by atoms with Crippen molar-refractivity contribution < 1.29 is 22.8 Å². The number of benzene rings is 3. The Hall–Kier alpha value is -3.71. The summed E-state index contributed by atoms with van der Waals surface area (Å²) < 4.78 is 46.8. The van der Waals surface area contributed by atoms with Crippen molar-refractivity contribution in [3.63, 3.8) is 0 Å². The summed E-state index contributed by atoms with van der Waals surface area (Å²) in [6.07, 6.45) is -3.11. The number of Topliss-reactive ketones (excluding diaryl/α,β-unsaturated/α-hetero) is 2. The second-order valence-electron chi connectivity index (χ2n) is 11.7. The molecule has 5 aromatic rings. The number of carbonyl (C=O) groups is 2. The van der Waals surface area contributed by atoms with E-state index in [-0.39, 0.29) is 42.8 Å². The molecule has 0 amide bonds. The molecule has 3 aromatic carbocycles. The van der Waals surface area contributed by atoms with E-state index in [4.69, 9.17) is 0 Å². The van der Waals surface area contributed by atoms with Gasteiger partial charge in [-0.2, -0.15) is 0 Å². The number of ketones is 2. The van der Waals surface area contributed by atoms with Crippen LogP contribution in [-0.4, -0.2) is 32.2 Å². The molecule has 42 heavy (non-hydrogen) atoms. The Kier molecular flexibility index (Phi) is 5.08. The number of hydrogen-bond acceptors (Lipinski definition) is 4. The molecule has 2 aliphatic heterocycles. The quantitative estimate of drug-likeness (QED) is 0.104. The van der Waals surface area contributed by atoms with E-state index in [1.165, 1.54) is 30.4 Å². The van der Waals surface area contributed by atoms with Gasteiger partial charge >= 0.3 is 201 Å². The summed E-state index contributed by atoms with van der Waals surface area (Å²) in [5, 5.41) is 1.40. The summed E-state index contributed by atoms with van der Waals surface area (Å²) in [5.41, 5.74) is 1.47. The fourth-order valence-corrected chi connectivity index (χ4v) is 9.79. The van der Waals surface area contributed by atoms with Crippen LogP contribution in [0, 0.1) is 0 Å². The average Bonchev–Trinajstić information content (AvgIpc) is 3.65. The van der Waals surface area contributed by atoms with Crippen LogP contribution in [0.25, 0.3) is 15.7 Å². The second kappa shape index (κ2) is 8.22. The molecule has 8 heteroatoms. The predicted octanol–water partition coefficient (Wildman–Crippen LogP) is 8.71. The number of fused-ring (bicyclic) bond motifs is 6. The molecule has 0 fully saturated rings. The Labute approximate surface area is 249 Å². The molecule has 0 radical (unpaired) electrons. The van der Waals surface area contributed by atoms with Crippen molar-refractivity contribution in [2.24, 2.45) is 0 Å². The van der Waals surface area contributed by atoms with E-state index < -0.39 is 17.0 Å². The number of anilines is 3. The van der Waals surface area contributed by atoms with Gasteiger partial charge in [-0.3, -0.25) is 0 Å². The van der Waals surface area contributed by atoms with E-state index in [1.807, 2.05) is 55.1 Å². The molecule has 0 saturated heterocycles. The molecule has 1 unspecified atom stereocenters. The third-order valence-electron chi connectivity index (χ3n) is 9.19. The Morgan fingerprint density at radius 2 is 1.52 bits per heavy atom. The van der Waals surface area contributed by atoms with Crippen LogP contribution in [0.2, 0.25) is 0 Å². The Bertz CT molecular complexity index is 2030. The topological polar surface area (TPSA) is 37.4 Å². The predicted molar refractivity (Wildman–Crippen MR) is 161 cm³/mol. The molecule has 2 aromatic heterocycles. The fourth-order valence-electron chi connectivity index (χ4n) is 6.86. The number of rotatable bonds is 1. The van der Waals surface area contributed by atoms with Crippen LogP contribution in [0.1, 0.15) is 68.6 Å². The van der Waals surface area contributed by atoms with Crippen LogP contribution < -0.4 is 4.90 Å². The third kappa shape index (κ3) is 3.12. The maximum absolute atomic E-state index is 15.2. The van der Waals surface area contributed by atoms with Crippen molar-refractivity contribution in [3.8, 4) is 0 Å². The first-order valence-corrected chi connectivity index (χ1v) is 16.2. The monoisotopic (exact) mass is 645 g/mol. The molecule has 0 saturated carbocycles. The van der Waals surface area contributed by atoms with Crippen molar-refractivity contribution in [1.82, 2.24) is 0 Å².